The Hall–Kier alpha value is -1.06. The van der Waals surface area contributed by atoms with Crippen molar-refractivity contribution >= 4 is 17.5 Å². The normalized spacial score (nSPS) is 12.3. The molecule has 4 heteroatoms. The van der Waals surface area contributed by atoms with E-state index in [1.165, 1.54) is 4.90 Å². The third-order valence-electron chi connectivity index (χ3n) is 2.19. The van der Waals surface area contributed by atoms with Crippen LogP contribution >= 0.6 is 11.6 Å². The van der Waals surface area contributed by atoms with Gasteiger partial charge in [0.2, 0.25) is 5.91 Å². The minimum absolute atomic E-state index is 0.0254. The average Bonchev–Trinajstić information content (AvgIpc) is 2.18. The van der Waals surface area contributed by atoms with E-state index in [2.05, 4.69) is 0 Å². The summed E-state index contributed by atoms with van der Waals surface area (Å²) in [5.41, 5.74) is 6.82. The van der Waals surface area contributed by atoms with Crippen LogP contribution in [-0.4, -0.2) is 24.9 Å². The van der Waals surface area contributed by atoms with Crippen LogP contribution in [0.4, 0.5) is 0 Å². The van der Waals surface area contributed by atoms with Crippen molar-refractivity contribution in [3.8, 4) is 0 Å². The molecule has 1 amide bonds. The van der Waals surface area contributed by atoms with Gasteiger partial charge in [0.05, 0.1) is 0 Å². The topological polar surface area (TPSA) is 46.3 Å². The van der Waals surface area contributed by atoms with E-state index in [0.29, 0.717) is 11.4 Å². The maximum absolute atomic E-state index is 11.4. The molecule has 0 radical (unpaired) electrons. The summed E-state index contributed by atoms with van der Waals surface area (Å²) in [6.45, 7) is 0. The highest BCUT2D eigenvalue weighted by molar-refractivity contribution is 6.30. The Labute approximate surface area is 94.8 Å². The largest absolute Gasteiger partial charge is 0.349 e. The number of carbonyl (C=O) groups excluding carboxylic acids is 1. The Bertz CT molecular complexity index is 335. The molecule has 1 rings (SSSR count). The minimum atomic E-state index is -0.267. The molecule has 0 saturated heterocycles. The van der Waals surface area contributed by atoms with Crippen molar-refractivity contribution in [3.05, 3.63) is 34.9 Å². The fourth-order valence-electron chi connectivity index (χ4n) is 1.20. The average molecular weight is 227 g/mol. The lowest BCUT2D eigenvalue weighted by molar-refractivity contribution is -0.129. The maximum Gasteiger partial charge on any atom is 0.223 e. The number of benzene rings is 1. The minimum Gasteiger partial charge on any atom is -0.349 e. The van der Waals surface area contributed by atoms with Gasteiger partial charge in [-0.25, -0.2) is 0 Å². The summed E-state index contributed by atoms with van der Waals surface area (Å²) in [7, 11) is 3.44. The number of nitrogens with two attached hydrogens (primary N) is 1. The monoisotopic (exact) mass is 226 g/mol. The molecule has 0 aromatic heterocycles. The van der Waals surface area contributed by atoms with Crippen LogP contribution in [0.1, 0.15) is 18.0 Å². The number of hydrogen-bond donors (Lipinski definition) is 1. The predicted molar refractivity (Wildman–Crippen MR) is 61.7 cm³/mol. The molecule has 2 N–H and O–H groups in total. The van der Waals surface area contributed by atoms with Crippen molar-refractivity contribution in [1.82, 2.24) is 4.90 Å². The van der Waals surface area contributed by atoms with Crippen molar-refractivity contribution in [2.24, 2.45) is 5.73 Å². The number of rotatable bonds is 3. The highest BCUT2D eigenvalue weighted by atomic mass is 35.5. The Balaban J connectivity index is 2.65. The van der Waals surface area contributed by atoms with Gasteiger partial charge in [0.15, 0.2) is 0 Å². The first-order chi connectivity index (χ1) is 7.00. The van der Waals surface area contributed by atoms with E-state index in [0.717, 1.165) is 5.56 Å². The Kier molecular flexibility index (Phi) is 4.12. The van der Waals surface area contributed by atoms with Gasteiger partial charge in [-0.2, -0.15) is 0 Å². The Morgan fingerprint density at radius 2 is 1.93 bits per heavy atom. The lowest BCUT2D eigenvalue weighted by Crippen LogP contribution is -2.26. The van der Waals surface area contributed by atoms with Crippen molar-refractivity contribution in [2.45, 2.75) is 12.5 Å². The first-order valence-electron chi connectivity index (χ1n) is 4.72. The van der Waals surface area contributed by atoms with Crippen LogP contribution in [-0.2, 0) is 4.79 Å². The maximum atomic E-state index is 11.4. The van der Waals surface area contributed by atoms with Crippen molar-refractivity contribution < 1.29 is 4.79 Å². The molecule has 0 saturated carbocycles. The van der Waals surface area contributed by atoms with E-state index < -0.39 is 0 Å². The molecule has 1 aromatic rings. The molecule has 3 nitrogen and oxygen atoms in total. The number of carbonyl (C=O) groups is 1. The number of amides is 1. The summed E-state index contributed by atoms with van der Waals surface area (Å²) in [5.74, 6) is 0.0254. The molecule has 1 unspecified atom stereocenters. The zero-order valence-corrected chi connectivity index (χ0v) is 9.66. The molecule has 0 spiro atoms. The van der Waals surface area contributed by atoms with Crippen LogP contribution in [0.2, 0.25) is 5.02 Å². The summed E-state index contributed by atoms with van der Waals surface area (Å²) in [6.07, 6.45) is 0.314. The van der Waals surface area contributed by atoms with Gasteiger partial charge in [-0.15, -0.1) is 0 Å². The van der Waals surface area contributed by atoms with Crippen LogP contribution in [0, 0.1) is 0 Å². The van der Waals surface area contributed by atoms with E-state index in [-0.39, 0.29) is 11.9 Å². The molecule has 82 valence electrons. The first-order valence-corrected chi connectivity index (χ1v) is 5.09. The smallest absolute Gasteiger partial charge is 0.223 e. The van der Waals surface area contributed by atoms with Gasteiger partial charge < -0.3 is 10.6 Å². The van der Waals surface area contributed by atoms with Crippen LogP contribution in [0.3, 0.4) is 0 Å². The molecule has 0 bridgehead atoms. The summed E-state index contributed by atoms with van der Waals surface area (Å²) in [6, 6.07) is 6.97. The SMILES string of the molecule is CN(C)C(=O)CC(N)c1ccc(Cl)cc1. The van der Waals surface area contributed by atoms with E-state index >= 15 is 0 Å². The van der Waals surface area contributed by atoms with Crippen LogP contribution in [0.25, 0.3) is 0 Å². The van der Waals surface area contributed by atoms with Gasteiger partial charge in [-0.05, 0) is 17.7 Å². The van der Waals surface area contributed by atoms with Crippen molar-refractivity contribution in [1.29, 1.82) is 0 Å². The molecule has 1 aromatic carbocycles. The van der Waals surface area contributed by atoms with Crippen LogP contribution in [0.15, 0.2) is 24.3 Å². The van der Waals surface area contributed by atoms with Crippen molar-refractivity contribution in [3.63, 3.8) is 0 Å². The summed E-state index contributed by atoms with van der Waals surface area (Å²) >= 11 is 5.76. The molecular weight excluding hydrogens is 212 g/mol. The van der Waals surface area contributed by atoms with Gasteiger partial charge in [0.1, 0.15) is 0 Å². The lowest BCUT2D eigenvalue weighted by atomic mass is 10.0. The van der Waals surface area contributed by atoms with Crippen molar-refractivity contribution in [2.75, 3.05) is 14.1 Å². The van der Waals surface area contributed by atoms with Crippen LogP contribution in [0.5, 0.6) is 0 Å². The molecule has 0 aliphatic rings. The summed E-state index contributed by atoms with van der Waals surface area (Å²) in [5, 5.41) is 0.671. The van der Waals surface area contributed by atoms with E-state index in [9.17, 15) is 4.79 Å². The lowest BCUT2D eigenvalue weighted by Gasteiger charge is -2.15. The van der Waals surface area contributed by atoms with Gasteiger partial charge in [0.25, 0.3) is 0 Å². The summed E-state index contributed by atoms with van der Waals surface area (Å²) in [4.78, 5) is 13.0. The number of hydrogen-bond acceptors (Lipinski definition) is 2. The number of nitrogens with zero attached hydrogens (tertiary/aromatic N) is 1. The van der Waals surface area contributed by atoms with E-state index in [1.54, 1.807) is 26.2 Å². The molecule has 0 aliphatic heterocycles. The fraction of sp³-hybridized carbons (Fsp3) is 0.364. The Morgan fingerprint density at radius 1 is 1.40 bits per heavy atom. The Morgan fingerprint density at radius 3 is 2.40 bits per heavy atom. The highest BCUT2D eigenvalue weighted by Gasteiger charge is 2.12. The quantitative estimate of drug-likeness (QED) is 0.855. The zero-order chi connectivity index (χ0) is 11.4. The second kappa shape index (κ2) is 5.14. The first kappa shape index (κ1) is 12.0. The standard InChI is InChI=1S/C11H15ClN2O/c1-14(2)11(15)7-10(13)8-3-5-9(12)6-4-8/h3-6,10H,7,13H2,1-2H3. The summed E-state index contributed by atoms with van der Waals surface area (Å²) < 4.78 is 0. The zero-order valence-electron chi connectivity index (χ0n) is 8.90. The molecule has 0 fully saturated rings. The third-order valence-corrected chi connectivity index (χ3v) is 2.44. The third kappa shape index (κ3) is 3.53. The number of halogens is 1. The molecule has 15 heavy (non-hydrogen) atoms. The molecule has 0 heterocycles. The van der Waals surface area contributed by atoms with Crippen LogP contribution < -0.4 is 5.73 Å². The van der Waals surface area contributed by atoms with Gasteiger partial charge in [-0.1, -0.05) is 23.7 Å². The fourth-order valence-corrected chi connectivity index (χ4v) is 1.32. The van der Waals surface area contributed by atoms with Gasteiger partial charge >= 0.3 is 0 Å². The second-order valence-electron chi connectivity index (χ2n) is 3.65. The molecule has 0 aliphatic carbocycles. The second-order valence-corrected chi connectivity index (χ2v) is 4.09. The highest BCUT2D eigenvalue weighted by Crippen LogP contribution is 2.17. The van der Waals surface area contributed by atoms with Gasteiger partial charge in [0, 0.05) is 31.6 Å². The van der Waals surface area contributed by atoms with E-state index in [4.69, 9.17) is 17.3 Å². The predicted octanol–water partition coefficient (Wildman–Crippen LogP) is 1.82. The van der Waals surface area contributed by atoms with Gasteiger partial charge in [-0.3, -0.25) is 4.79 Å². The van der Waals surface area contributed by atoms with E-state index in [1.807, 2.05) is 12.1 Å². The molecule has 1 atom stereocenters. The molecular formula is C11H15ClN2O.